The van der Waals surface area contributed by atoms with Crippen LogP contribution in [0.5, 0.6) is 0 Å². The fourth-order valence-electron chi connectivity index (χ4n) is 0.984. The smallest absolute Gasteiger partial charge is 0.319 e. The summed E-state index contributed by atoms with van der Waals surface area (Å²) in [7, 11) is 0. The number of nitrogens with zero attached hydrogens (tertiary/aromatic N) is 1. The molecule has 0 aliphatic heterocycles. The van der Waals surface area contributed by atoms with Crippen LogP contribution in [-0.4, -0.2) is 24.1 Å². The summed E-state index contributed by atoms with van der Waals surface area (Å²) in [6.45, 7) is 4.42. The summed E-state index contributed by atoms with van der Waals surface area (Å²) in [6.07, 6.45) is 1.75. The van der Waals surface area contributed by atoms with Gasteiger partial charge in [0.05, 0.1) is 19.2 Å². The predicted molar refractivity (Wildman–Crippen MR) is 55.2 cm³/mol. The van der Waals surface area contributed by atoms with Crippen molar-refractivity contribution in [1.82, 2.24) is 10.3 Å². The molecule has 0 fully saturated rings. The van der Waals surface area contributed by atoms with Crippen molar-refractivity contribution in [2.75, 3.05) is 13.2 Å². The fourth-order valence-corrected chi connectivity index (χ4v) is 1.65. The Morgan fingerprint density at radius 1 is 1.79 bits per heavy atom. The molecule has 0 spiro atoms. The van der Waals surface area contributed by atoms with Crippen LogP contribution in [0.1, 0.15) is 24.9 Å². The van der Waals surface area contributed by atoms with Crippen LogP contribution in [0.3, 0.4) is 0 Å². The van der Waals surface area contributed by atoms with Gasteiger partial charge in [0.1, 0.15) is 5.01 Å². The highest BCUT2D eigenvalue weighted by Crippen LogP contribution is 2.13. The van der Waals surface area contributed by atoms with Crippen LogP contribution in [0, 0.1) is 0 Å². The summed E-state index contributed by atoms with van der Waals surface area (Å²) >= 11 is 1.57. The zero-order chi connectivity index (χ0) is 10.4. The molecule has 0 aromatic carbocycles. The Balaban J connectivity index is 2.28. The molecular formula is C9H14N2O2S. The second-order valence-electron chi connectivity index (χ2n) is 2.78. The van der Waals surface area contributed by atoms with Crippen molar-refractivity contribution in [3.8, 4) is 0 Å². The van der Waals surface area contributed by atoms with E-state index in [1.165, 1.54) is 0 Å². The molecule has 1 N–H and O–H groups in total. The lowest BCUT2D eigenvalue weighted by Gasteiger charge is -2.09. The molecule has 14 heavy (non-hydrogen) atoms. The zero-order valence-electron chi connectivity index (χ0n) is 8.32. The van der Waals surface area contributed by atoms with E-state index in [-0.39, 0.29) is 18.6 Å². The van der Waals surface area contributed by atoms with Crippen LogP contribution < -0.4 is 5.32 Å². The minimum Gasteiger partial charge on any atom is -0.465 e. The van der Waals surface area contributed by atoms with Gasteiger partial charge in [0, 0.05) is 11.6 Å². The van der Waals surface area contributed by atoms with Crippen molar-refractivity contribution in [3.05, 3.63) is 16.6 Å². The number of hydrogen-bond acceptors (Lipinski definition) is 5. The Labute approximate surface area is 87.3 Å². The van der Waals surface area contributed by atoms with E-state index < -0.39 is 0 Å². The minimum absolute atomic E-state index is 0.0967. The second kappa shape index (κ2) is 5.72. The van der Waals surface area contributed by atoms with Crippen LogP contribution in [0.2, 0.25) is 0 Å². The first-order valence-corrected chi connectivity index (χ1v) is 5.40. The highest BCUT2D eigenvalue weighted by molar-refractivity contribution is 7.09. The fraction of sp³-hybridized carbons (Fsp3) is 0.556. The quantitative estimate of drug-likeness (QED) is 0.752. The molecule has 0 radical (unpaired) electrons. The van der Waals surface area contributed by atoms with Crippen molar-refractivity contribution >= 4 is 17.3 Å². The number of nitrogens with one attached hydrogen (secondary N) is 1. The van der Waals surface area contributed by atoms with Crippen LogP contribution in [0.15, 0.2) is 11.6 Å². The van der Waals surface area contributed by atoms with Crippen molar-refractivity contribution < 1.29 is 9.53 Å². The molecule has 0 amide bonds. The highest BCUT2D eigenvalue weighted by atomic mass is 32.1. The molecule has 1 atom stereocenters. The largest absolute Gasteiger partial charge is 0.465 e. The van der Waals surface area contributed by atoms with E-state index in [1.54, 1.807) is 24.5 Å². The van der Waals surface area contributed by atoms with Crippen LogP contribution in [-0.2, 0) is 9.53 Å². The van der Waals surface area contributed by atoms with Gasteiger partial charge in [-0.05, 0) is 13.8 Å². The van der Waals surface area contributed by atoms with Crippen LogP contribution in [0.4, 0.5) is 0 Å². The van der Waals surface area contributed by atoms with Gasteiger partial charge in [-0.2, -0.15) is 0 Å². The molecule has 1 aromatic heterocycles. The number of hydrogen-bond donors (Lipinski definition) is 1. The van der Waals surface area contributed by atoms with E-state index in [4.69, 9.17) is 4.74 Å². The van der Waals surface area contributed by atoms with Gasteiger partial charge in [0.25, 0.3) is 0 Å². The normalized spacial score (nSPS) is 12.4. The van der Waals surface area contributed by atoms with E-state index in [0.717, 1.165) is 5.01 Å². The first-order chi connectivity index (χ1) is 6.74. The Hall–Kier alpha value is -0.940. The standard InChI is InChI=1S/C9H14N2O2S/c1-3-13-8(12)6-11-7(2)9-10-4-5-14-9/h4-5,7,11H,3,6H2,1-2H3. The van der Waals surface area contributed by atoms with Gasteiger partial charge in [-0.1, -0.05) is 0 Å². The van der Waals surface area contributed by atoms with Crippen molar-refractivity contribution in [3.63, 3.8) is 0 Å². The molecule has 5 heteroatoms. The molecule has 0 aliphatic carbocycles. The number of ether oxygens (including phenoxy) is 1. The molecule has 78 valence electrons. The monoisotopic (exact) mass is 214 g/mol. The topological polar surface area (TPSA) is 51.2 Å². The van der Waals surface area contributed by atoms with Crippen LogP contribution in [0.25, 0.3) is 0 Å². The van der Waals surface area contributed by atoms with Gasteiger partial charge in [0.2, 0.25) is 0 Å². The van der Waals surface area contributed by atoms with E-state index in [2.05, 4.69) is 10.3 Å². The van der Waals surface area contributed by atoms with Gasteiger partial charge >= 0.3 is 5.97 Å². The third kappa shape index (κ3) is 3.43. The number of carbonyl (C=O) groups is 1. The maximum atomic E-state index is 11.0. The second-order valence-corrected chi connectivity index (χ2v) is 3.70. The average molecular weight is 214 g/mol. The lowest BCUT2D eigenvalue weighted by atomic mass is 10.3. The molecule has 1 aromatic rings. The summed E-state index contributed by atoms with van der Waals surface area (Å²) in [6, 6.07) is 0.0967. The maximum Gasteiger partial charge on any atom is 0.319 e. The Morgan fingerprint density at radius 3 is 3.14 bits per heavy atom. The van der Waals surface area contributed by atoms with Gasteiger partial charge in [-0.25, -0.2) is 4.98 Å². The van der Waals surface area contributed by atoms with Crippen LogP contribution >= 0.6 is 11.3 Å². The Bertz CT molecular complexity index is 274. The molecule has 0 saturated carbocycles. The van der Waals surface area contributed by atoms with Gasteiger partial charge in [0.15, 0.2) is 0 Å². The minimum atomic E-state index is -0.226. The van der Waals surface area contributed by atoms with Crippen molar-refractivity contribution in [2.24, 2.45) is 0 Å². The molecule has 0 aliphatic rings. The lowest BCUT2D eigenvalue weighted by molar-refractivity contribution is -0.142. The van der Waals surface area contributed by atoms with Gasteiger partial charge in [-0.3, -0.25) is 10.1 Å². The number of aromatic nitrogens is 1. The van der Waals surface area contributed by atoms with E-state index in [0.29, 0.717) is 6.61 Å². The summed E-state index contributed by atoms with van der Waals surface area (Å²) in [5.74, 6) is -0.226. The maximum absolute atomic E-state index is 11.0. The SMILES string of the molecule is CCOC(=O)CNC(C)c1nccs1. The molecule has 1 rings (SSSR count). The number of esters is 1. The summed E-state index contributed by atoms with van der Waals surface area (Å²) < 4.78 is 4.79. The van der Waals surface area contributed by atoms with E-state index in [9.17, 15) is 4.79 Å². The molecular weight excluding hydrogens is 200 g/mol. The predicted octanol–water partition coefficient (Wildman–Crippen LogP) is 1.36. The number of rotatable bonds is 5. The Morgan fingerprint density at radius 2 is 2.57 bits per heavy atom. The van der Waals surface area contributed by atoms with E-state index >= 15 is 0 Å². The van der Waals surface area contributed by atoms with Crippen molar-refractivity contribution in [2.45, 2.75) is 19.9 Å². The molecule has 4 nitrogen and oxygen atoms in total. The van der Waals surface area contributed by atoms with E-state index in [1.807, 2.05) is 12.3 Å². The summed E-state index contributed by atoms with van der Waals surface area (Å²) in [5.41, 5.74) is 0. The average Bonchev–Trinajstić information content (AvgIpc) is 2.67. The molecule has 0 bridgehead atoms. The molecule has 1 unspecified atom stereocenters. The summed E-state index contributed by atoms with van der Waals surface area (Å²) in [5, 5.41) is 5.94. The highest BCUT2D eigenvalue weighted by Gasteiger charge is 2.09. The van der Waals surface area contributed by atoms with Crippen molar-refractivity contribution in [1.29, 1.82) is 0 Å². The lowest BCUT2D eigenvalue weighted by Crippen LogP contribution is -2.27. The number of carbonyl (C=O) groups excluding carboxylic acids is 1. The molecule has 0 saturated heterocycles. The zero-order valence-corrected chi connectivity index (χ0v) is 9.13. The van der Waals surface area contributed by atoms with Gasteiger partial charge in [-0.15, -0.1) is 11.3 Å². The third-order valence-corrected chi connectivity index (χ3v) is 2.64. The Kier molecular flexibility index (Phi) is 4.55. The first kappa shape index (κ1) is 11.1. The summed E-state index contributed by atoms with van der Waals surface area (Å²) in [4.78, 5) is 15.2. The molecule has 1 heterocycles. The number of thiazole rings is 1. The third-order valence-electron chi connectivity index (χ3n) is 1.68. The van der Waals surface area contributed by atoms with Gasteiger partial charge < -0.3 is 4.74 Å². The first-order valence-electron chi connectivity index (χ1n) is 4.52.